The van der Waals surface area contributed by atoms with Crippen LogP contribution in [0.25, 0.3) is 5.65 Å². The summed E-state index contributed by atoms with van der Waals surface area (Å²) in [6, 6.07) is 1.56. The molecule has 17 heavy (non-hydrogen) atoms. The van der Waals surface area contributed by atoms with Crippen molar-refractivity contribution in [2.45, 2.75) is 18.8 Å². The molecule has 1 aliphatic carbocycles. The Morgan fingerprint density at radius 2 is 2.29 bits per heavy atom. The number of rotatable bonds is 2. The molecule has 2 N–H and O–H groups in total. The first kappa shape index (κ1) is 10.1. The maximum atomic E-state index is 11.5. The Hall–Kier alpha value is -2.11. The van der Waals surface area contributed by atoms with Crippen LogP contribution in [0.5, 0.6) is 0 Å². The summed E-state index contributed by atoms with van der Waals surface area (Å²) < 4.78 is 6.47. The molecule has 0 radical (unpaired) electrons. The molecule has 0 aliphatic heterocycles. The largest absolute Gasteiger partial charge is 0.465 e. The predicted molar refractivity (Wildman–Crippen MR) is 60.7 cm³/mol. The molecule has 1 saturated carbocycles. The van der Waals surface area contributed by atoms with Gasteiger partial charge in [0.15, 0.2) is 5.65 Å². The van der Waals surface area contributed by atoms with Gasteiger partial charge >= 0.3 is 5.97 Å². The second-order valence-corrected chi connectivity index (χ2v) is 4.20. The molecular formula is C11H12N4O2. The van der Waals surface area contributed by atoms with Crippen molar-refractivity contribution < 1.29 is 9.53 Å². The number of nitrogens with zero attached hydrogens (tertiary/aromatic N) is 3. The lowest BCUT2D eigenvalue weighted by atomic mass is 10.2. The zero-order valence-electron chi connectivity index (χ0n) is 9.38. The van der Waals surface area contributed by atoms with Gasteiger partial charge in [0.2, 0.25) is 0 Å². The number of carbonyl (C=O) groups excluding carboxylic acids is 1. The maximum Gasteiger partial charge on any atom is 0.339 e. The van der Waals surface area contributed by atoms with Crippen molar-refractivity contribution in [1.29, 1.82) is 0 Å². The summed E-state index contributed by atoms with van der Waals surface area (Å²) in [6.45, 7) is 0. The lowest BCUT2D eigenvalue weighted by molar-refractivity contribution is 0.0600. The molecule has 6 nitrogen and oxygen atoms in total. The molecule has 0 amide bonds. The molecule has 3 rings (SSSR count). The molecular weight excluding hydrogens is 220 g/mol. The number of hydrogen-bond acceptors (Lipinski definition) is 5. The van der Waals surface area contributed by atoms with E-state index in [0.717, 1.165) is 18.7 Å². The monoisotopic (exact) mass is 232 g/mol. The minimum Gasteiger partial charge on any atom is -0.465 e. The van der Waals surface area contributed by atoms with Crippen molar-refractivity contribution in [2.24, 2.45) is 0 Å². The Balaban J connectivity index is 2.21. The van der Waals surface area contributed by atoms with Crippen LogP contribution in [-0.2, 0) is 4.74 Å². The van der Waals surface area contributed by atoms with Gasteiger partial charge in [0.05, 0.1) is 18.4 Å². The Morgan fingerprint density at radius 3 is 2.94 bits per heavy atom. The number of fused-ring (bicyclic) bond motifs is 1. The van der Waals surface area contributed by atoms with E-state index in [-0.39, 0.29) is 0 Å². The first-order chi connectivity index (χ1) is 8.20. The third-order valence-corrected chi connectivity index (χ3v) is 2.92. The third-order valence-electron chi connectivity index (χ3n) is 2.92. The second-order valence-electron chi connectivity index (χ2n) is 4.20. The van der Waals surface area contributed by atoms with Crippen LogP contribution >= 0.6 is 0 Å². The molecule has 1 fully saturated rings. The number of hydrogen-bond donors (Lipinski definition) is 1. The van der Waals surface area contributed by atoms with Gasteiger partial charge in [-0.3, -0.25) is 4.40 Å². The molecule has 2 heterocycles. The summed E-state index contributed by atoms with van der Waals surface area (Å²) >= 11 is 0. The quantitative estimate of drug-likeness (QED) is 0.780. The van der Waals surface area contributed by atoms with Crippen molar-refractivity contribution in [1.82, 2.24) is 14.6 Å². The number of aromatic nitrogens is 3. The van der Waals surface area contributed by atoms with E-state index < -0.39 is 5.97 Å². The van der Waals surface area contributed by atoms with Gasteiger partial charge in [-0.1, -0.05) is 0 Å². The van der Waals surface area contributed by atoms with Gasteiger partial charge < -0.3 is 10.5 Å². The predicted octanol–water partition coefficient (Wildman–Crippen LogP) is 0.976. The van der Waals surface area contributed by atoms with Gasteiger partial charge in [-0.2, -0.15) is 0 Å². The number of nitrogens with two attached hydrogens (primary N) is 1. The van der Waals surface area contributed by atoms with Crippen molar-refractivity contribution in [3.05, 3.63) is 23.7 Å². The van der Waals surface area contributed by atoms with E-state index in [1.807, 2.05) is 0 Å². The number of methoxy groups -OCH3 is 1. The summed E-state index contributed by atoms with van der Waals surface area (Å²) in [7, 11) is 1.34. The Bertz CT molecular complexity index is 601. The van der Waals surface area contributed by atoms with Gasteiger partial charge in [0.25, 0.3) is 0 Å². The molecule has 6 heteroatoms. The van der Waals surface area contributed by atoms with E-state index in [4.69, 9.17) is 5.73 Å². The highest BCUT2D eigenvalue weighted by Crippen LogP contribution is 2.39. The van der Waals surface area contributed by atoms with E-state index >= 15 is 0 Å². The zero-order valence-corrected chi connectivity index (χ0v) is 9.38. The Morgan fingerprint density at radius 1 is 1.53 bits per heavy atom. The highest BCUT2D eigenvalue weighted by Gasteiger charge is 2.29. The van der Waals surface area contributed by atoms with Crippen molar-refractivity contribution >= 4 is 17.3 Å². The SMILES string of the molecule is COC(=O)c1cc(N)c2nnc(C3CC3)n2c1. The molecule has 0 saturated heterocycles. The molecule has 2 aromatic heterocycles. The third kappa shape index (κ3) is 1.52. The Kier molecular flexibility index (Phi) is 2.04. The smallest absolute Gasteiger partial charge is 0.339 e. The summed E-state index contributed by atoms with van der Waals surface area (Å²) in [5.41, 5.74) is 7.30. The molecule has 2 aromatic rings. The van der Waals surface area contributed by atoms with E-state index in [1.54, 1.807) is 16.7 Å². The summed E-state index contributed by atoms with van der Waals surface area (Å²) in [5, 5.41) is 8.17. The fraction of sp³-hybridized carbons (Fsp3) is 0.364. The van der Waals surface area contributed by atoms with Crippen LogP contribution in [-0.4, -0.2) is 27.7 Å². The molecule has 0 unspecified atom stereocenters. The number of anilines is 1. The lowest BCUT2D eigenvalue weighted by Gasteiger charge is -2.04. The van der Waals surface area contributed by atoms with Gasteiger partial charge in [-0.05, 0) is 18.9 Å². The van der Waals surface area contributed by atoms with Crippen LogP contribution in [0.3, 0.4) is 0 Å². The van der Waals surface area contributed by atoms with Crippen LogP contribution in [0, 0.1) is 0 Å². The normalized spacial score (nSPS) is 15.1. The van der Waals surface area contributed by atoms with Crippen LogP contribution in [0.2, 0.25) is 0 Å². The van der Waals surface area contributed by atoms with Crippen LogP contribution < -0.4 is 5.73 Å². The molecule has 0 spiro atoms. The van der Waals surface area contributed by atoms with Crippen LogP contribution in [0.4, 0.5) is 5.69 Å². The van der Waals surface area contributed by atoms with Gasteiger partial charge in [0.1, 0.15) is 5.82 Å². The number of nitrogen functional groups attached to an aromatic ring is 1. The summed E-state index contributed by atoms with van der Waals surface area (Å²) in [5.74, 6) is 0.906. The van der Waals surface area contributed by atoms with E-state index in [0.29, 0.717) is 22.8 Å². The first-order valence-corrected chi connectivity index (χ1v) is 5.43. The first-order valence-electron chi connectivity index (χ1n) is 5.43. The average molecular weight is 232 g/mol. The highest BCUT2D eigenvalue weighted by atomic mass is 16.5. The number of carbonyl (C=O) groups is 1. The van der Waals surface area contributed by atoms with Gasteiger partial charge in [-0.25, -0.2) is 4.79 Å². The van der Waals surface area contributed by atoms with Crippen LogP contribution in [0.1, 0.15) is 34.9 Å². The minimum atomic E-state index is -0.408. The molecule has 0 aromatic carbocycles. The van der Waals surface area contributed by atoms with Gasteiger partial charge in [0, 0.05) is 12.1 Å². The molecule has 1 aliphatic rings. The minimum absolute atomic E-state index is 0.408. The number of pyridine rings is 1. The second kappa shape index (κ2) is 3.44. The van der Waals surface area contributed by atoms with Crippen molar-refractivity contribution in [3.8, 4) is 0 Å². The highest BCUT2D eigenvalue weighted by molar-refractivity contribution is 5.91. The van der Waals surface area contributed by atoms with E-state index in [1.165, 1.54) is 7.11 Å². The maximum absolute atomic E-state index is 11.5. The molecule has 0 atom stereocenters. The lowest BCUT2D eigenvalue weighted by Crippen LogP contribution is -2.06. The summed E-state index contributed by atoms with van der Waals surface area (Å²) in [4.78, 5) is 11.5. The zero-order chi connectivity index (χ0) is 12.0. The standard InChI is InChI=1S/C11H12N4O2/c1-17-11(16)7-4-8(12)10-14-13-9(6-2-3-6)15(10)5-7/h4-6H,2-3,12H2,1H3. The molecule has 88 valence electrons. The van der Waals surface area contributed by atoms with Gasteiger partial charge in [-0.15, -0.1) is 10.2 Å². The number of ether oxygens (including phenoxy) is 1. The van der Waals surface area contributed by atoms with Crippen molar-refractivity contribution in [2.75, 3.05) is 12.8 Å². The van der Waals surface area contributed by atoms with Crippen molar-refractivity contribution in [3.63, 3.8) is 0 Å². The topological polar surface area (TPSA) is 82.5 Å². The fourth-order valence-corrected chi connectivity index (χ4v) is 1.89. The Labute approximate surface area is 97.4 Å². The van der Waals surface area contributed by atoms with E-state index in [9.17, 15) is 4.79 Å². The summed E-state index contributed by atoms with van der Waals surface area (Å²) in [6.07, 6.45) is 3.91. The fourth-order valence-electron chi connectivity index (χ4n) is 1.89. The van der Waals surface area contributed by atoms with E-state index in [2.05, 4.69) is 14.9 Å². The average Bonchev–Trinajstić information content (AvgIpc) is 3.08. The molecule has 0 bridgehead atoms. The number of esters is 1. The van der Waals surface area contributed by atoms with Crippen LogP contribution in [0.15, 0.2) is 12.3 Å².